The van der Waals surface area contributed by atoms with Crippen molar-refractivity contribution >= 4 is 0 Å². The molecule has 0 aliphatic carbocycles. The molecule has 0 aromatic carbocycles. The summed E-state index contributed by atoms with van der Waals surface area (Å²) in [6.07, 6.45) is 1.26. The lowest BCUT2D eigenvalue weighted by Crippen LogP contribution is -2.51. The molecule has 1 rings (SSSR count). The van der Waals surface area contributed by atoms with E-state index in [1.165, 1.54) is 32.6 Å². The van der Waals surface area contributed by atoms with E-state index in [1.807, 2.05) is 0 Å². The van der Waals surface area contributed by atoms with Crippen LogP contribution in [-0.4, -0.2) is 55.6 Å². The predicted octanol–water partition coefficient (Wildman–Crippen LogP) is 1.24. The SMILES string of the molecule is CC(C)CC(CN)CN1CCN(C)C(C)C1. The van der Waals surface area contributed by atoms with Crippen molar-refractivity contribution in [2.75, 3.05) is 39.8 Å². The summed E-state index contributed by atoms with van der Waals surface area (Å²) in [5.74, 6) is 1.44. The first-order valence-corrected chi connectivity index (χ1v) is 6.65. The van der Waals surface area contributed by atoms with E-state index in [4.69, 9.17) is 5.73 Å². The zero-order valence-electron chi connectivity index (χ0n) is 11.4. The number of hydrogen-bond acceptors (Lipinski definition) is 3. The van der Waals surface area contributed by atoms with Gasteiger partial charge in [-0.1, -0.05) is 13.8 Å². The van der Waals surface area contributed by atoms with Crippen LogP contribution in [0.4, 0.5) is 0 Å². The Morgan fingerprint density at radius 2 is 2.00 bits per heavy atom. The van der Waals surface area contributed by atoms with Crippen molar-refractivity contribution in [3.8, 4) is 0 Å². The lowest BCUT2D eigenvalue weighted by molar-refractivity contribution is 0.0900. The molecule has 3 heteroatoms. The van der Waals surface area contributed by atoms with Gasteiger partial charge in [-0.25, -0.2) is 0 Å². The van der Waals surface area contributed by atoms with E-state index in [2.05, 4.69) is 37.6 Å². The van der Waals surface area contributed by atoms with Gasteiger partial charge in [0, 0.05) is 32.2 Å². The van der Waals surface area contributed by atoms with Crippen LogP contribution in [0, 0.1) is 11.8 Å². The molecule has 0 saturated carbocycles. The highest BCUT2D eigenvalue weighted by molar-refractivity contribution is 4.78. The predicted molar refractivity (Wildman–Crippen MR) is 70.5 cm³/mol. The summed E-state index contributed by atoms with van der Waals surface area (Å²) in [5, 5.41) is 0. The molecule has 0 spiro atoms. The summed E-state index contributed by atoms with van der Waals surface area (Å²) in [6.45, 7) is 12.5. The molecule has 16 heavy (non-hydrogen) atoms. The second-order valence-corrected chi connectivity index (χ2v) is 5.82. The molecule has 0 aromatic rings. The van der Waals surface area contributed by atoms with Crippen LogP contribution in [0.15, 0.2) is 0 Å². The average Bonchev–Trinajstić information content (AvgIpc) is 2.22. The molecule has 2 atom stereocenters. The molecule has 2 unspecified atom stereocenters. The number of nitrogens with zero attached hydrogens (tertiary/aromatic N) is 2. The van der Waals surface area contributed by atoms with Gasteiger partial charge in [0.25, 0.3) is 0 Å². The molecule has 1 aliphatic heterocycles. The fraction of sp³-hybridized carbons (Fsp3) is 1.00. The van der Waals surface area contributed by atoms with E-state index in [0.717, 1.165) is 12.5 Å². The summed E-state index contributed by atoms with van der Waals surface area (Å²) in [7, 11) is 2.22. The molecule has 0 aromatic heterocycles. The molecular weight excluding hydrogens is 198 g/mol. The van der Waals surface area contributed by atoms with Gasteiger partial charge >= 0.3 is 0 Å². The van der Waals surface area contributed by atoms with Crippen molar-refractivity contribution in [2.45, 2.75) is 33.2 Å². The van der Waals surface area contributed by atoms with Crippen molar-refractivity contribution in [1.29, 1.82) is 0 Å². The number of rotatable bonds is 5. The van der Waals surface area contributed by atoms with E-state index in [9.17, 15) is 0 Å². The molecule has 0 amide bonds. The summed E-state index contributed by atoms with van der Waals surface area (Å²) >= 11 is 0. The lowest BCUT2D eigenvalue weighted by Gasteiger charge is -2.39. The normalized spacial score (nSPS) is 26.2. The maximum atomic E-state index is 5.86. The van der Waals surface area contributed by atoms with E-state index < -0.39 is 0 Å². The molecule has 3 nitrogen and oxygen atoms in total. The minimum Gasteiger partial charge on any atom is -0.330 e. The van der Waals surface area contributed by atoms with Gasteiger partial charge in [0.1, 0.15) is 0 Å². The molecule has 1 saturated heterocycles. The van der Waals surface area contributed by atoms with Crippen molar-refractivity contribution in [3.63, 3.8) is 0 Å². The molecule has 1 heterocycles. The molecular formula is C13H29N3. The fourth-order valence-electron chi connectivity index (χ4n) is 2.57. The number of piperazine rings is 1. The maximum Gasteiger partial charge on any atom is 0.0192 e. The highest BCUT2D eigenvalue weighted by atomic mass is 15.3. The number of likely N-dealkylation sites (N-methyl/N-ethyl adjacent to an activating group) is 1. The summed E-state index contributed by atoms with van der Waals surface area (Å²) in [6, 6.07) is 0.686. The smallest absolute Gasteiger partial charge is 0.0192 e. The van der Waals surface area contributed by atoms with Gasteiger partial charge in [-0.2, -0.15) is 0 Å². The average molecular weight is 227 g/mol. The Morgan fingerprint density at radius 1 is 1.31 bits per heavy atom. The summed E-state index contributed by atoms with van der Waals surface area (Å²) in [5.41, 5.74) is 5.86. The van der Waals surface area contributed by atoms with Gasteiger partial charge in [0.2, 0.25) is 0 Å². The quantitative estimate of drug-likeness (QED) is 0.767. The van der Waals surface area contributed by atoms with Crippen LogP contribution in [-0.2, 0) is 0 Å². The zero-order valence-corrected chi connectivity index (χ0v) is 11.4. The van der Waals surface area contributed by atoms with Gasteiger partial charge in [-0.15, -0.1) is 0 Å². The van der Waals surface area contributed by atoms with E-state index in [0.29, 0.717) is 12.0 Å². The van der Waals surface area contributed by atoms with Gasteiger partial charge in [0.15, 0.2) is 0 Å². The largest absolute Gasteiger partial charge is 0.330 e. The minimum absolute atomic E-state index is 0.676. The Balaban J connectivity index is 2.35. The summed E-state index contributed by atoms with van der Waals surface area (Å²) < 4.78 is 0. The van der Waals surface area contributed by atoms with E-state index in [1.54, 1.807) is 0 Å². The first kappa shape index (κ1) is 13.9. The topological polar surface area (TPSA) is 32.5 Å². The Hall–Kier alpha value is -0.120. The van der Waals surface area contributed by atoms with Crippen LogP contribution in [0.25, 0.3) is 0 Å². The fourth-order valence-corrected chi connectivity index (χ4v) is 2.57. The number of nitrogens with two attached hydrogens (primary N) is 1. The van der Waals surface area contributed by atoms with Crippen molar-refractivity contribution in [3.05, 3.63) is 0 Å². The van der Waals surface area contributed by atoms with E-state index >= 15 is 0 Å². The highest BCUT2D eigenvalue weighted by Gasteiger charge is 2.22. The van der Waals surface area contributed by atoms with Crippen molar-refractivity contribution < 1.29 is 0 Å². The van der Waals surface area contributed by atoms with Gasteiger partial charge in [-0.05, 0) is 38.8 Å². The third-order valence-corrected chi connectivity index (χ3v) is 3.70. The Kier molecular flexibility index (Phi) is 5.73. The van der Waals surface area contributed by atoms with Crippen LogP contribution in [0.1, 0.15) is 27.2 Å². The molecule has 0 bridgehead atoms. The zero-order chi connectivity index (χ0) is 12.1. The van der Waals surface area contributed by atoms with Crippen LogP contribution < -0.4 is 5.73 Å². The Bertz CT molecular complexity index is 194. The molecule has 96 valence electrons. The molecule has 2 N–H and O–H groups in total. The van der Waals surface area contributed by atoms with Crippen LogP contribution >= 0.6 is 0 Å². The number of hydrogen-bond donors (Lipinski definition) is 1. The first-order chi connectivity index (χ1) is 7.52. The van der Waals surface area contributed by atoms with E-state index in [-0.39, 0.29) is 0 Å². The highest BCUT2D eigenvalue weighted by Crippen LogP contribution is 2.14. The van der Waals surface area contributed by atoms with Crippen LogP contribution in [0.2, 0.25) is 0 Å². The minimum atomic E-state index is 0.676. The van der Waals surface area contributed by atoms with Crippen LogP contribution in [0.5, 0.6) is 0 Å². The molecule has 1 aliphatic rings. The van der Waals surface area contributed by atoms with Crippen molar-refractivity contribution in [1.82, 2.24) is 9.80 Å². The van der Waals surface area contributed by atoms with Gasteiger partial charge in [-0.3, -0.25) is 0 Å². The van der Waals surface area contributed by atoms with Gasteiger partial charge < -0.3 is 15.5 Å². The standard InChI is InChI=1S/C13H29N3/c1-11(2)7-13(8-14)10-16-6-5-15(4)12(3)9-16/h11-13H,5-10,14H2,1-4H3. The van der Waals surface area contributed by atoms with Crippen LogP contribution in [0.3, 0.4) is 0 Å². The second kappa shape index (κ2) is 6.58. The Labute approximate surface area is 101 Å². The second-order valence-electron chi connectivity index (χ2n) is 5.82. The maximum absolute atomic E-state index is 5.86. The lowest BCUT2D eigenvalue weighted by atomic mass is 9.96. The van der Waals surface area contributed by atoms with Gasteiger partial charge in [0.05, 0.1) is 0 Å². The summed E-state index contributed by atoms with van der Waals surface area (Å²) in [4.78, 5) is 5.03. The monoisotopic (exact) mass is 227 g/mol. The Morgan fingerprint density at radius 3 is 2.50 bits per heavy atom. The third kappa shape index (κ3) is 4.40. The molecule has 1 fully saturated rings. The third-order valence-electron chi connectivity index (χ3n) is 3.70. The van der Waals surface area contributed by atoms with Crippen molar-refractivity contribution in [2.24, 2.45) is 17.6 Å². The molecule has 0 radical (unpaired) electrons. The first-order valence-electron chi connectivity index (χ1n) is 6.65.